The van der Waals surface area contributed by atoms with E-state index >= 15 is 0 Å². The van der Waals surface area contributed by atoms with Crippen LogP contribution in [0, 0.1) is 6.92 Å². The third kappa shape index (κ3) is 5.79. The minimum Gasteiger partial charge on any atom is -0.287 e. The van der Waals surface area contributed by atoms with Crippen LogP contribution < -0.4 is 4.89 Å². The number of halogens is 3. The quantitative estimate of drug-likeness (QED) is 0.243. The van der Waals surface area contributed by atoms with E-state index in [1.165, 1.54) is 19.1 Å². The van der Waals surface area contributed by atoms with Crippen LogP contribution in [0.5, 0.6) is 5.75 Å². The molecule has 156 valence electrons. The van der Waals surface area contributed by atoms with Crippen molar-refractivity contribution in [1.29, 1.82) is 0 Å². The molecule has 0 bridgehead atoms. The van der Waals surface area contributed by atoms with Gasteiger partial charge in [0, 0.05) is 17.6 Å². The molecule has 30 heavy (non-hydrogen) atoms. The van der Waals surface area contributed by atoms with Gasteiger partial charge in [-0.15, -0.1) is 11.8 Å². The molecular formula is C23H19F3O3S. The average Bonchev–Trinajstić information content (AvgIpc) is 2.71. The third-order valence-corrected chi connectivity index (χ3v) is 5.34. The van der Waals surface area contributed by atoms with Crippen molar-refractivity contribution in [3.05, 3.63) is 83.4 Å². The molecule has 0 fully saturated rings. The lowest BCUT2D eigenvalue weighted by Crippen LogP contribution is -2.03. The lowest BCUT2D eigenvalue weighted by atomic mass is 10.0. The highest BCUT2D eigenvalue weighted by molar-refractivity contribution is 7.98. The maximum atomic E-state index is 12.7. The fourth-order valence-electron chi connectivity index (χ4n) is 2.77. The smallest absolute Gasteiger partial charge is 0.287 e. The second-order valence-corrected chi connectivity index (χ2v) is 7.70. The van der Waals surface area contributed by atoms with Gasteiger partial charge in [0.2, 0.25) is 0 Å². The third-order valence-electron chi connectivity index (χ3n) is 4.27. The molecule has 0 aliphatic rings. The fourth-order valence-corrected chi connectivity index (χ4v) is 3.71. The van der Waals surface area contributed by atoms with E-state index in [0.29, 0.717) is 11.5 Å². The molecule has 3 aromatic rings. The summed E-state index contributed by atoms with van der Waals surface area (Å²) in [7, 11) is 0. The van der Waals surface area contributed by atoms with Crippen molar-refractivity contribution < 1.29 is 27.7 Å². The lowest BCUT2D eigenvalue weighted by molar-refractivity contribution is -0.211. The van der Waals surface area contributed by atoms with Gasteiger partial charge >= 0.3 is 12.1 Å². The van der Waals surface area contributed by atoms with E-state index in [1.54, 1.807) is 17.8 Å². The molecule has 0 aliphatic carbocycles. The molecule has 0 heterocycles. The predicted octanol–water partition coefficient (Wildman–Crippen LogP) is 6.83. The maximum absolute atomic E-state index is 12.7. The number of carbonyl (C=O) groups is 1. The molecule has 3 nitrogen and oxygen atoms in total. The van der Waals surface area contributed by atoms with Crippen LogP contribution >= 0.6 is 11.8 Å². The molecular weight excluding hydrogens is 413 g/mol. The number of hydrogen-bond acceptors (Lipinski definition) is 4. The summed E-state index contributed by atoms with van der Waals surface area (Å²) in [6.07, 6.45) is -4.34. The van der Waals surface area contributed by atoms with Gasteiger partial charge in [-0.3, -0.25) is 9.78 Å². The topological polar surface area (TPSA) is 35.5 Å². The van der Waals surface area contributed by atoms with Gasteiger partial charge in [0.25, 0.3) is 0 Å². The highest BCUT2D eigenvalue weighted by atomic mass is 32.2. The molecule has 7 heteroatoms. The van der Waals surface area contributed by atoms with Gasteiger partial charge in [0.05, 0.1) is 5.56 Å². The van der Waals surface area contributed by atoms with E-state index in [-0.39, 0.29) is 0 Å². The van der Waals surface area contributed by atoms with Crippen molar-refractivity contribution >= 4 is 17.7 Å². The van der Waals surface area contributed by atoms with Crippen molar-refractivity contribution in [2.24, 2.45) is 0 Å². The summed E-state index contributed by atoms with van der Waals surface area (Å²) in [6.45, 7) is 3.12. The molecule has 3 aromatic carbocycles. The number of hydrogen-bond donors (Lipinski definition) is 0. The Labute approximate surface area is 176 Å². The van der Waals surface area contributed by atoms with Gasteiger partial charge in [-0.25, -0.2) is 4.79 Å². The Kier molecular flexibility index (Phi) is 6.72. The molecule has 0 aliphatic heterocycles. The second kappa shape index (κ2) is 9.26. The lowest BCUT2D eigenvalue weighted by Gasteiger charge is -2.10. The first-order valence-electron chi connectivity index (χ1n) is 9.07. The van der Waals surface area contributed by atoms with Crippen molar-refractivity contribution in [1.82, 2.24) is 0 Å². The van der Waals surface area contributed by atoms with Gasteiger partial charge in [-0.1, -0.05) is 36.4 Å². The molecule has 0 N–H and O–H groups in total. The standard InChI is InChI=1S/C23H19F3O3S/c1-15-12-21(10-11-22(15)29-28-16(2)27)30-14-17-4-3-5-19(13-17)18-6-8-20(9-7-18)23(24,25)26/h3-13H,14H2,1-2H3. The molecule has 0 amide bonds. The largest absolute Gasteiger partial charge is 0.416 e. The van der Waals surface area contributed by atoms with Crippen LogP contribution in [-0.4, -0.2) is 5.97 Å². The minimum absolute atomic E-state index is 0.471. The Hall–Kier alpha value is -2.93. The highest BCUT2D eigenvalue weighted by Gasteiger charge is 2.29. The number of thioether (sulfide) groups is 1. The van der Waals surface area contributed by atoms with Crippen molar-refractivity contribution in [2.75, 3.05) is 0 Å². The zero-order chi connectivity index (χ0) is 21.7. The summed E-state index contributed by atoms with van der Waals surface area (Å²) in [5.41, 5.74) is 2.82. The molecule has 0 spiro atoms. The van der Waals surface area contributed by atoms with Gasteiger partial charge in [0.15, 0.2) is 5.75 Å². The van der Waals surface area contributed by atoms with Crippen LogP contribution in [0.1, 0.15) is 23.6 Å². The first-order valence-corrected chi connectivity index (χ1v) is 10.1. The zero-order valence-corrected chi connectivity index (χ0v) is 17.1. The fraction of sp³-hybridized carbons (Fsp3) is 0.174. The Morgan fingerprint density at radius 3 is 2.33 bits per heavy atom. The Bertz CT molecular complexity index is 1030. The van der Waals surface area contributed by atoms with Crippen LogP contribution in [0.2, 0.25) is 0 Å². The van der Waals surface area contributed by atoms with E-state index in [0.717, 1.165) is 39.3 Å². The summed E-state index contributed by atoms with van der Waals surface area (Å²) in [5, 5.41) is 0. The van der Waals surface area contributed by atoms with E-state index in [9.17, 15) is 18.0 Å². The van der Waals surface area contributed by atoms with Crippen LogP contribution in [0.3, 0.4) is 0 Å². The van der Waals surface area contributed by atoms with Gasteiger partial charge in [-0.2, -0.15) is 13.2 Å². The first kappa shape index (κ1) is 21.8. The Morgan fingerprint density at radius 1 is 0.967 bits per heavy atom. The summed E-state index contributed by atoms with van der Waals surface area (Å²) in [6, 6.07) is 18.4. The average molecular weight is 432 g/mol. The molecule has 3 rings (SSSR count). The van der Waals surface area contributed by atoms with Gasteiger partial charge in [-0.05, 0) is 59.5 Å². The normalized spacial score (nSPS) is 11.2. The second-order valence-electron chi connectivity index (χ2n) is 6.65. The number of benzene rings is 3. The summed E-state index contributed by atoms with van der Waals surface area (Å²) < 4.78 is 38.2. The van der Waals surface area contributed by atoms with Crippen LogP contribution in [0.4, 0.5) is 13.2 Å². The van der Waals surface area contributed by atoms with Gasteiger partial charge < -0.3 is 0 Å². The Balaban J connectivity index is 1.67. The summed E-state index contributed by atoms with van der Waals surface area (Å²) in [5.74, 6) is 0.637. The number of alkyl halides is 3. The molecule has 0 unspecified atom stereocenters. The van der Waals surface area contributed by atoms with Gasteiger partial charge in [0.1, 0.15) is 0 Å². The monoisotopic (exact) mass is 432 g/mol. The van der Waals surface area contributed by atoms with E-state index in [1.807, 2.05) is 43.3 Å². The SMILES string of the molecule is CC(=O)OOc1ccc(SCc2cccc(-c3ccc(C(F)(F)F)cc3)c2)cc1C. The van der Waals surface area contributed by atoms with Crippen LogP contribution in [-0.2, 0) is 21.6 Å². The van der Waals surface area contributed by atoms with E-state index < -0.39 is 17.7 Å². The van der Waals surface area contributed by atoms with Crippen LogP contribution in [0.15, 0.2) is 71.6 Å². The minimum atomic E-state index is -4.34. The predicted molar refractivity (Wildman–Crippen MR) is 110 cm³/mol. The number of carbonyl (C=O) groups excluding carboxylic acids is 1. The Morgan fingerprint density at radius 2 is 1.70 bits per heavy atom. The molecule has 0 atom stereocenters. The molecule has 0 radical (unpaired) electrons. The summed E-state index contributed by atoms with van der Waals surface area (Å²) >= 11 is 1.62. The summed E-state index contributed by atoms with van der Waals surface area (Å²) in [4.78, 5) is 21.4. The van der Waals surface area contributed by atoms with Crippen molar-refractivity contribution in [3.8, 4) is 16.9 Å². The molecule has 0 saturated heterocycles. The highest BCUT2D eigenvalue weighted by Crippen LogP contribution is 2.32. The zero-order valence-electron chi connectivity index (χ0n) is 16.3. The van der Waals surface area contributed by atoms with E-state index in [4.69, 9.17) is 4.89 Å². The number of rotatable bonds is 6. The maximum Gasteiger partial charge on any atom is 0.416 e. The van der Waals surface area contributed by atoms with E-state index in [2.05, 4.69) is 4.89 Å². The van der Waals surface area contributed by atoms with Crippen molar-refractivity contribution in [2.45, 2.75) is 30.7 Å². The number of aryl methyl sites for hydroxylation is 1. The first-order chi connectivity index (χ1) is 14.2. The molecule has 0 saturated carbocycles. The van der Waals surface area contributed by atoms with Crippen molar-refractivity contribution in [3.63, 3.8) is 0 Å². The molecule has 0 aromatic heterocycles. The van der Waals surface area contributed by atoms with Crippen LogP contribution in [0.25, 0.3) is 11.1 Å².